The number of hydrogen-bond acceptors (Lipinski definition) is 5. The Morgan fingerprint density at radius 1 is 1.26 bits per heavy atom. The Hall–Kier alpha value is -2.96. The van der Waals surface area contributed by atoms with Gasteiger partial charge in [-0.15, -0.1) is 0 Å². The third-order valence-corrected chi connectivity index (χ3v) is 4.37. The summed E-state index contributed by atoms with van der Waals surface area (Å²) in [6.45, 7) is 0. The average Bonchev–Trinajstić information content (AvgIpc) is 3.19. The highest BCUT2D eigenvalue weighted by molar-refractivity contribution is 5.89. The van der Waals surface area contributed by atoms with Gasteiger partial charge in [-0.05, 0) is 31.0 Å². The van der Waals surface area contributed by atoms with Gasteiger partial charge in [0.05, 0.1) is 22.6 Å². The van der Waals surface area contributed by atoms with E-state index in [9.17, 15) is 0 Å². The Morgan fingerprint density at radius 3 is 3.04 bits per heavy atom. The molecule has 5 rings (SSSR count). The number of H-pyrrole nitrogens is 1. The number of aryl methyl sites for hydroxylation is 1. The molecule has 0 radical (unpaired) electrons. The number of rotatable bonds is 3. The summed E-state index contributed by atoms with van der Waals surface area (Å²) >= 11 is 0. The second-order valence-corrected chi connectivity index (χ2v) is 5.99. The van der Waals surface area contributed by atoms with Crippen LogP contribution in [0.3, 0.4) is 0 Å². The number of nitrogens with one attached hydrogen (secondary N) is 2. The number of aromatic nitrogens is 6. The standard InChI is InChI=1S/C16H15N7/c1-23-13-5-4-10(6-12(13)21-16(23)9-2-3-9)20-14-11-7-19-22-15(11)18-8-17-14/h4-9H,2-3H2,1H3,(H2,17,18,19,20,22). The molecule has 0 atom stereocenters. The topological polar surface area (TPSA) is 84.3 Å². The lowest BCUT2D eigenvalue weighted by molar-refractivity contribution is 0.820. The fourth-order valence-corrected chi connectivity index (χ4v) is 3.00. The number of nitrogens with zero attached hydrogens (tertiary/aromatic N) is 5. The third-order valence-electron chi connectivity index (χ3n) is 4.37. The average molecular weight is 305 g/mol. The molecule has 7 heteroatoms. The fraction of sp³-hybridized carbons (Fsp3) is 0.250. The van der Waals surface area contributed by atoms with E-state index >= 15 is 0 Å². The lowest BCUT2D eigenvalue weighted by Crippen LogP contribution is -1.96. The van der Waals surface area contributed by atoms with Crippen molar-refractivity contribution in [3.05, 3.63) is 36.5 Å². The first-order valence-corrected chi connectivity index (χ1v) is 7.67. The van der Waals surface area contributed by atoms with Crippen LogP contribution in [0.25, 0.3) is 22.1 Å². The van der Waals surface area contributed by atoms with E-state index in [0.717, 1.165) is 33.6 Å². The van der Waals surface area contributed by atoms with Crippen molar-refractivity contribution in [3.63, 3.8) is 0 Å². The van der Waals surface area contributed by atoms with Gasteiger partial charge in [0.25, 0.3) is 0 Å². The van der Waals surface area contributed by atoms with Crippen molar-refractivity contribution >= 4 is 33.6 Å². The molecule has 4 aromatic rings. The molecule has 7 nitrogen and oxygen atoms in total. The SMILES string of the molecule is Cn1c(C2CC2)nc2cc(Nc3ncnc4[nH]ncc34)ccc21. The monoisotopic (exact) mass is 305 g/mol. The van der Waals surface area contributed by atoms with E-state index in [4.69, 9.17) is 4.98 Å². The fourth-order valence-electron chi connectivity index (χ4n) is 3.00. The summed E-state index contributed by atoms with van der Waals surface area (Å²) in [5.41, 5.74) is 3.85. The number of anilines is 2. The quantitative estimate of drug-likeness (QED) is 0.608. The van der Waals surface area contributed by atoms with E-state index in [1.54, 1.807) is 6.20 Å². The van der Waals surface area contributed by atoms with Crippen molar-refractivity contribution in [2.75, 3.05) is 5.32 Å². The molecule has 3 heterocycles. The summed E-state index contributed by atoms with van der Waals surface area (Å²) < 4.78 is 2.20. The molecule has 23 heavy (non-hydrogen) atoms. The number of benzene rings is 1. The molecular formula is C16H15N7. The zero-order valence-corrected chi connectivity index (χ0v) is 12.6. The zero-order valence-electron chi connectivity index (χ0n) is 12.6. The smallest absolute Gasteiger partial charge is 0.160 e. The van der Waals surface area contributed by atoms with Gasteiger partial charge in [0, 0.05) is 18.7 Å². The van der Waals surface area contributed by atoms with Crippen molar-refractivity contribution < 1.29 is 0 Å². The largest absolute Gasteiger partial charge is 0.339 e. The lowest BCUT2D eigenvalue weighted by Gasteiger charge is -2.06. The highest BCUT2D eigenvalue weighted by Crippen LogP contribution is 2.40. The summed E-state index contributed by atoms with van der Waals surface area (Å²) in [6.07, 6.45) is 5.75. The Morgan fingerprint density at radius 2 is 2.17 bits per heavy atom. The predicted octanol–water partition coefficient (Wildman–Crippen LogP) is 2.86. The molecule has 1 aromatic carbocycles. The van der Waals surface area contributed by atoms with Gasteiger partial charge in [-0.1, -0.05) is 0 Å². The first-order valence-electron chi connectivity index (χ1n) is 7.67. The molecule has 114 valence electrons. The van der Waals surface area contributed by atoms with E-state index in [0.29, 0.717) is 5.92 Å². The van der Waals surface area contributed by atoms with Crippen LogP contribution in [-0.2, 0) is 7.05 Å². The molecule has 0 amide bonds. The number of hydrogen-bond donors (Lipinski definition) is 2. The molecule has 1 fully saturated rings. The normalized spacial score (nSPS) is 14.7. The molecule has 0 unspecified atom stereocenters. The highest BCUT2D eigenvalue weighted by atomic mass is 15.2. The van der Waals surface area contributed by atoms with Crippen LogP contribution in [0, 0.1) is 0 Å². The van der Waals surface area contributed by atoms with Crippen LogP contribution >= 0.6 is 0 Å². The van der Waals surface area contributed by atoms with E-state index in [2.05, 4.69) is 55.3 Å². The molecule has 2 N–H and O–H groups in total. The van der Waals surface area contributed by atoms with Crippen molar-refractivity contribution in [1.82, 2.24) is 29.7 Å². The Bertz CT molecular complexity index is 1030. The minimum atomic E-state index is 0.635. The van der Waals surface area contributed by atoms with Crippen LogP contribution in [0.15, 0.2) is 30.7 Å². The van der Waals surface area contributed by atoms with Gasteiger partial charge < -0.3 is 9.88 Å². The van der Waals surface area contributed by atoms with Crippen LogP contribution in [0.5, 0.6) is 0 Å². The highest BCUT2D eigenvalue weighted by Gasteiger charge is 2.28. The lowest BCUT2D eigenvalue weighted by atomic mass is 10.2. The minimum absolute atomic E-state index is 0.635. The molecule has 0 aliphatic heterocycles. The predicted molar refractivity (Wildman–Crippen MR) is 87.7 cm³/mol. The minimum Gasteiger partial charge on any atom is -0.339 e. The second kappa shape index (κ2) is 4.52. The van der Waals surface area contributed by atoms with Gasteiger partial charge in [0.2, 0.25) is 0 Å². The summed E-state index contributed by atoms with van der Waals surface area (Å²) in [5.74, 6) is 2.56. The van der Waals surface area contributed by atoms with Crippen LogP contribution in [-0.4, -0.2) is 29.7 Å². The van der Waals surface area contributed by atoms with Gasteiger partial charge in [-0.2, -0.15) is 5.10 Å². The van der Waals surface area contributed by atoms with E-state index in [-0.39, 0.29) is 0 Å². The van der Waals surface area contributed by atoms with E-state index < -0.39 is 0 Å². The molecule has 0 spiro atoms. The third kappa shape index (κ3) is 1.97. The maximum absolute atomic E-state index is 4.80. The van der Waals surface area contributed by atoms with Crippen molar-refractivity contribution in [2.24, 2.45) is 7.05 Å². The molecule has 0 saturated heterocycles. The van der Waals surface area contributed by atoms with Gasteiger partial charge in [0.1, 0.15) is 18.0 Å². The van der Waals surface area contributed by atoms with Crippen LogP contribution in [0.1, 0.15) is 24.6 Å². The molecule has 3 aromatic heterocycles. The summed E-state index contributed by atoms with van der Waals surface area (Å²) in [6, 6.07) is 6.22. The van der Waals surface area contributed by atoms with Crippen molar-refractivity contribution in [1.29, 1.82) is 0 Å². The van der Waals surface area contributed by atoms with Crippen molar-refractivity contribution in [3.8, 4) is 0 Å². The number of fused-ring (bicyclic) bond motifs is 2. The van der Waals surface area contributed by atoms with Crippen LogP contribution in [0.4, 0.5) is 11.5 Å². The summed E-state index contributed by atoms with van der Waals surface area (Å²) in [5, 5.41) is 11.1. The van der Waals surface area contributed by atoms with Crippen LogP contribution < -0.4 is 5.32 Å². The zero-order chi connectivity index (χ0) is 15.4. The van der Waals surface area contributed by atoms with Crippen LogP contribution in [0.2, 0.25) is 0 Å². The van der Waals surface area contributed by atoms with Gasteiger partial charge in [0.15, 0.2) is 5.65 Å². The molecule has 1 aliphatic rings. The Labute approximate surface area is 131 Å². The molecule has 1 saturated carbocycles. The van der Waals surface area contributed by atoms with Gasteiger partial charge in [-0.25, -0.2) is 15.0 Å². The van der Waals surface area contributed by atoms with Gasteiger partial charge in [-0.3, -0.25) is 5.10 Å². The van der Waals surface area contributed by atoms with Gasteiger partial charge >= 0.3 is 0 Å². The maximum atomic E-state index is 4.80. The molecule has 0 bridgehead atoms. The Balaban J connectivity index is 1.56. The number of imidazole rings is 1. The van der Waals surface area contributed by atoms with Crippen molar-refractivity contribution in [2.45, 2.75) is 18.8 Å². The first kappa shape index (κ1) is 12.6. The molecular weight excluding hydrogens is 290 g/mol. The van der Waals surface area contributed by atoms with E-state index in [1.165, 1.54) is 25.0 Å². The number of aromatic amines is 1. The summed E-state index contributed by atoms with van der Waals surface area (Å²) in [4.78, 5) is 13.3. The Kier molecular flexibility index (Phi) is 2.47. The van der Waals surface area contributed by atoms with E-state index in [1.807, 2.05) is 0 Å². The molecule has 1 aliphatic carbocycles. The first-order chi connectivity index (χ1) is 11.3. The summed E-state index contributed by atoms with van der Waals surface area (Å²) in [7, 11) is 2.09. The second-order valence-electron chi connectivity index (χ2n) is 5.99. The maximum Gasteiger partial charge on any atom is 0.160 e.